The van der Waals surface area contributed by atoms with Crippen molar-refractivity contribution >= 4 is 27.4 Å². The third kappa shape index (κ3) is 3.29. The van der Waals surface area contributed by atoms with E-state index in [2.05, 4.69) is 26.2 Å². The monoisotopic (exact) mass is 321 g/mol. The quantitative estimate of drug-likeness (QED) is 0.689. The molecule has 1 heterocycles. The summed E-state index contributed by atoms with van der Waals surface area (Å²) in [6, 6.07) is 10.4. The van der Waals surface area contributed by atoms with Crippen LogP contribution < -0.4 is 5.32 Å². The number of anilines is 1. The van der Waals surface area contributed by atoms with Gasteiger partial charge in [-0.05, 0) is 35.0 Å². The van der Waals surface area contributed by atoms with Crippen molar-refractivity contribution in [1.82, 2.24) is 4.98 Å². The summed E-state index contributed by atoms with van der Waals surface area (Å²) < 4.78 is 0.934. The number of aromatic nitrogens is 1. The first-order chi connectivity index (χ1) is 9.08. The molecule has 0 aliphatic carbocycles. The van der Waals surface area contributed by atoms with E-state index in [1.165, 1.54) is 6.07 Å². The largest absolute Gasteiger partial charge is 0.366 e. The van der Waals surface area contributed by atoms with Crippen molar-refractivity contribution in [1.29, 1.82) is 0 Å². The Hall–Kier alpha value is -1.95. The van der Waals surface area contributed by atoms with E-state index < -0.39 is 0 Å². The summed E-state index contributed by atoms with van der Waals surface area (Å²) in [6.07, 6.45) is 0. The van der Waals surface area contributed by atoms with Gasteiger partial charge in [0, 0.05) is 22.6 Å². The van der Waals surface area contributed by atoms with Crippen molar-refractivity contribution in [2.24, 2.45) is 0 Å². The molecule has 0 atom stereocenters. The summed E-state index contributed by atoms with van der Waals surface area (Å²) in [5.41, 5.74) is 1.62. The van der Waals surface area contributed by atoms with Gasteiger partial charge >= 0.3 is 0 Å². The molecule has 6 heteroatoms. The topological polar surface area (TPSA) is 68.1 Å². The van der Waals surface area contributed by atoms with Crippen LogP contribution in [-0.4, -0.2) is 9.91 Å². The van der Waals surface area contributed by atoms with Crippen LogP contribution in [0.15, 0.2) is 40.9 Å². The lowest BCUT2D eigenvalue weighted by Crippen LogP contribution is -2.04. The number of nitrogens with one attached hydrogen (secondary N) is 1. The molecule has 0 radical (unpaired) electrons. The van der Waals surface area contributed by atoms with Gasteiger partial charge in [0.05, 0.1) is 10.6 Å². The number of pyridine rings is 1. The first-order valence-electron chi connectivity index (χ1n) is 5.67. The first-order valence-corrected chi connectivity index (χ1v) is 6.46. The van der Waals surface area contributed by atoms with Crippen molar-refractivity contribution in [3.05, 3.63) is 62.2 Å². The summed E-state index contributed by atoms with van der Waals surface area (Å²) in [6.45, 7) is 2.26. The third-order valence-electron chi connectivity index (χ3n) is 2.67. The molecule has 98 valence electrons. The lowest BCUT2D eigenvalue weighted by Gasteiger charge is -2.07. The van der Waals surface area contributed by atoms with Gasteiger partial charge in [0.1, 0.15) is 5.82 Å². The van der Waals surface area contributed by atoms with Crippen molar-refractivity contribution in [2.75, 3.05) is 5.32 Å². The van der Waals surface area contributed by atoms with Crippen LogP contribution >= 0.6 is 15.9 Å². The van der Waals surface area contributed by atoms with Crippen molar-refractivity contribution < 1.29 is 4.92 Å². The van der Waals surface area contributed by atoms with E-state index in [9.17, 15) is 10.1 Å². The molecule has 0 aliphatic rings. The van der Waals surface area contributed by atoms with Gasteiger partial charge in [-0.15, -0.1) is 0 Å². The Labute approximate surface area is 119 Å². The Kier molecular flexibility index (Phi) is 4.11. The van der Waals surface area contributed by atoms with Gasteiger partial charge in [-0.2, -0.15) is 0 Å². The lowest BCUT2D eigenvalue weighted by molar-refractivity contribution is -0.385. The zero-order valence-electron chi connectivity index (χ0n) is 10.3. The summed E-state index contributed by atoms with van der Waals surface area (Å²) >= 11 is 3.38. The molecular weight excluding hydrogens is 310 g/mol. The molecule has 0 amide bonds. The predicted octanol–water partition coefficient (Wildman–Crippen LogP) is 3.67. The Morgan fingerprint density at radius 2 is 2.05 bits per heavy atom. The summed E-state index contributed by atoms with van der Waals surface area (Å²) in [7, 11) is 0. The smallest absolute Gasteiger partial charge is 0.274 e. The Morgan fingerprint density at radius 3 is 2.74 bits per heavy atom. The maximum Gasteiger partial charge on any atom is 0.274 e. The van der Waals surface area contributed by atoms with Crippen molar-refractivity contribution in [3.8, 4) is 0 Å². The number of hydrogen-bond acceptors (Lipinski definition) is 4. The zero-order valence-corrected chi connectivity index (χ0v) is 11.8. The number of nitro benzene ring substituents is 1. The molecule has 1 aromatic heterocycles. The molecule has 1 N–H and O–H groups in total. The number of para-hydroxylation sites is 1. The van der Waals surface area contributed by atoms with Gasteiger partial charge in [-0.3, -0.25) is 10.1 Å². The molecule has 0 aliphatic heterocycles. The minimum Gasteiger partial charge on any atom is -0.366 e. The first kappa shape index (κ1) is 13.5. The van der Waals surface area contributed by atoms with Gasteiger partial charge in [0.25, 0.3) is 5.69 Å². The van der Waals surface area contributed by atoms with E-state index in [0.29, 0.717) is 17.9 Å². The van der Waals surface area contributed by atoms with Crippen LogP contribution in [0.1, 0.15) is 11.3 Å². The minimum atomic E-state index is -0.378. The number of nitro groups is 1. The fourth-order valence-electron chi connectivity index (χ4n) is 1.67. The normalized spacial score (nSPS) is 10.2. The maximum atomic E-state index is 10.9. The third-order valence-corrected chi connectivity index (χ3v) is 3.51. The molecule has 0 saturated carbocycles. The standard InChI is InChI=1S/C13H12BrN3O2/c1-9-11(14)6-7-13(16-9)15-8-10-4-2-3-5-12(10)17(18)19/h2-7H,8H2,1H3,(H,15,16). The van der Waals surface area contributed by atoms with E-state index >= 15 is 0 Å². The molecule has 0 saturated heterocycles. The SMILES string of the molecule is Cc1nc(NCc2ccccc2[N+](=O)[O-])ccc1Br. The number of benzene rings is 1. The molecule has 2 rings (SSSR count). The number of halogens is 1. The molecule has 0 fully saturated rings. The van der Waals surface area contributed by atoms with Gasteiger partial charge in [-0.1, -0.05) is 18.2 Å². The van der Waals surface area contributed by atoms with Crippen LogP contribution in [0.3, 0.4) is 0 Å². The molecule has 5 nitrogen and oxygen atoms in total. The lowest BCUT2D eigenvalue weighted by atomic mass is 10.2. The van der Waals surface area contributed by atoms with Crippen LogP contribution in [0.5, 0.6) is 0 Å². The minimum absolute atomic E-state index is 0.115. The number of rotatable bonds is 4. The summed E-state index contributed by atoms with van der Waals surface area (Å²) in [5, 5.41) is 14.0. The summed E-state index contributed by atoms with van der Waals surface area (Å²) in [5.74, 6) is 0.693. The van der Waals surface area contributed by atoms with E-state index in [1.54, 1.807) is 18.2 Å². The second-order valence-electron chi connectivity index (χ2n) is 4.00. The van der Waals surface area contributed by atoms with Crippen LogP contribution in [0.4, 0.5) is 11.5 Å². The van der Waals surface area contributed by atoms with Crippen LogP contribution in [0.25, 0.3) is 0 Å². The zero-order chi connectivity index (χ0) is 13.8. The van der Waals surface area contributed by atoms with Crippen LogP contribution in [0.2, 0.25) is 0 Å². The van der Waals surface area contributed by atoms with Gasteiger partial charge in [0.2, 0.25) is 0 Å². The Morgan fingerprint density at radius 1 is 1.32 bits per heavy atom. The highest BCUT2D eigenvalue weighted by Gasteiger charge is 2.11. The van der Waals surface area contributed by atoms with E-state index in [-0.39, 0.29) is 10.6 Å². The molecule has 1 aromatic carbocycles. The Balaban J connectivity index is 2.14. The molecule has 0 spiro atoms. The molecule has 0 unspecified atom stereocenters. The van der Waals surface area contributed by atoms with E-state index in [4.69, 9.17) is 0 Å². The fourth-order valence-corrected chi connectivity index (χ4v) is 1.89. The van der Waals surface area contributed by atoms with Gasteiger partial charge in [-0.25, -0.2) is 4.98 Å². The molecule has 19 heavy (non-hydrogen) atoms. The number of aryl methyl sites for hydroxylation is 1. The van der Waals surface area contributed by atoms with Gasteiger partial charge in [0.15, 0.2) is 0 Å². The maximum absolute atomic E-state index is 10.9. The second-order valence-corrected chi connectivity index (χ2v) is 4.86. The van der Waals surface area contributed by atoms with Crippen LogP contribution in [0, 0.1) is 17.0 Å². The van der Waals surface area contributed by atoms with E-state index in [0.717, 1.165) is 10.2 Å². The number of nitrogens with zero attached hydrogens (tertiary/aromatic N) is 2. The van der Waals surface area contributed by atoms with Crippen molar-refractivity contribution in [2.45, 2.75) is 13.5 Å². The van der Waals surface area contributed by atoms with Gasteiger partial charge < -0.3 is 5.32 Å². The highest BCUT2D eigenvalue weighted by Crippen LogP contribution is 2.20. The van der Waals surface area contributed by atoms with Crippen molar-refractivity contribution in [3.63, 3.8) is 0 Å². The summed E-state index contributed by atoms with van der Waals surface area (Å²) in [4.78, 5) is 14.8. The molecule has 0 bridgehead atoms. The molecule has 2 aromatic rings. The van der Waals surface area contributed by atoms with E-state index in [1.807, 2.05) is 19.1 Å². The highest BCUT2D eigenvalue weighted by atomic mass is 79.9. The average molecular weight is 322 g/mol. The predicted molar refractivity (Wildman–Crippen MR) is 77.1 cm³/mol. The highest BCUT2D eigenvalue weighted by molar-refractivity contribution is 9.10. The fraction of sp³-hybridized carbons (Fsp3) is 0.154. The van der Waals surface area contributed by atoms with Crippen LogP contribution in [-0.2, 0) is 6.54 Å². The average Bonchev–Trinajstić information content (AvgIpc) is 2.40. The number of hydrogen-bond donors (Lipinski definition) is 1. The molecular formula is C13H12BrN3O2. The Bertz CT molecular complexity index is 617. The second kappa shape index (κ2) is 5.79.